The number of aromatic nitrogens is 6. The molecule has 3 fully saturated rings. The van der Waals surface area contributed by atoms with E-state index in [4.69, 9.17) is 9.47 Å². The Balaban J connectivity index is 0.977. The molecule has 0 aromatic carbocycles. The van der Waals surface area contributed by atoms with Gasteiger partial charge in [-0.05, 0) is 50.3 Å². The lowest BCUT2D eigenvalue weighted by Crippen LogP contribution is -2.65. The lowest BCUT2D eigenvalue weighted by Gasteiger charge is -2.53. The molecule has 0 radical (unpaired) electrons. The van der Waals surface area contributed by atoms with Gasteiger partial charge in [0, 0.05) is 55.1 Å². The van der Waals surface area contributed by atoms with Gasteiger partial charge in [0.15, 0.2) is 0 Å². The average molecular weight is 622 g/mol. The Hall–Kier alpha value is -4.06. The fourth-order valence-corrected chi connectivity index (χ4v) is 6.65. The molecule has 11 nitrogen and oxygen atoms in total. The Morgan fingerprint density at radius 3 is 2.69 bits per heavy atom. The molecule has 236 valence electrons. The van der Waals surface area contributed by atoms with Crippen LogP contribution < -0.4 is 10.1 Å². The van der Waals surface area contributed by atoms with Crippen LogP contribution in [0, 0.1) is 11.3 Å². The molecule has 2 aliphatic heterocycles. The molecule has 0 amide bonds. The van der Waals surface area contributed by atoms with Crippen LogP contribution in [0.4, 0.5) is 13.2 Å². The molecule has 0 spiro atoms. The number of halogens is 3. The van der Waals surface area contributed by atoms with Gasteiger partial charge in [-0.3, -0.25) is 9.58 Å². The third-order valence-electron chi connectivity index (χ3n) is 9.26. The number of alkyl halides is 3. The monoisotopic (exact) mass is 621 g/mol. The number of rotatable bonds is 9. The number of nitrogens with one attached hydrogen (secondary N) is 2. The normalized spacial score (nSPS) is 22.8. The van der Waals surface area contributed by atoms with Crippen molar-refractivity contribution in [1.82, 2.24) is 39.9 Å². The minimum Gasteiger partial charge on any atom is -0.474 e. The van der Waals surface area contributed by atoms with E-state index in [-0.39, 0.29) is 24.1 Å². The van der Waals surface area contributed by atoms with E-state index in [9.17, 15) is 18.4 Å². The van der Waals surface area contributed by atoms with Crippen molar-refractivity contribution in [2.75, 3.05) is 26.3 Å². The van der Waals surface area contributed by atoms with Gasteiger partial charge in [0.1, 0.15) is 29.3 Å². The first-order chi connectivity index (χ1) is 21.6. The van der Waals surface area contributed by atoms with Crippen molar-refractivity contribution in [3.8, 4) is 23.2 Å². The molecule has 1 aliphatic carbocycles. The second-order valence-corrected chi connectivity index (χ2v) is 12.8. The van der Waals surface area contributed by atoms with Crippen molar-refractivity contribution in [3.05, 3.63) is 54.4 Å². The van der Waals surface area contributed by atoms with Gasteiger partial charge in [-0.2, -0.15) is 23.5 Å². The molecular formula is C31H34F3N9O2. The molecule has 0 bridgehead atoms. The van der Waals surface area contributed by atoms with Crippen LogP contribution in [0.1, 0.15) is 50.3 Å². The van der Waals surface area contributed by atoms with Crippen LogP contribution in [0.5, 0.6) is 5.88 Å². The Labute approximate surface area is 257 Å². The highest BCUT2D eigenvalue weighted by Crippen LogP contribution is 2.39. The molecule has 2 saturated heterocycles. The maximum absolute atomic E-state index is 13.6. The number of hydrogen-bond donors (Lipinski definition) is 2. The average Bonchev–Trinajstić information content (AvgIpc) is 3.67. The quantitative estimate of drug-likeness (QED) is 0.279. The number of H-pyrrole nitrogens is 1. The minimum atomic E-state index is -4.57. The van der Waals surface area contributed by atoms with Crippen LogP contribution in [0.15, 0.2) is 43.1 Å². The van der Waals surface area contributed by atoms with Crippen LogP contribution in [-0.2, 0) is 23.0 Å². The van der Waals surface area contributed by atoms with Gasteiger partial charge in [-0.25, -0.2) is 15.0 Å². The van der Waals surface area contributed by atoms with Crippen molar-refractivity contribution >= 4 is 11.0 Å². The van der Waals surface area contributed by atoms with E-state index >= 15 is 0 Å². The summed E-state index contributed by atoms with van der Waals surface area (Å²) >= 11 is 0. The molecule has 7 rings (SSSR count). The summed E-state index contributed by atoms with van der Waals surface area (Å²) in [6, 6.07) is 7.26. The fourth-order valence-electron chi connectivity index (χ4n) is 6.65. The van der Waals surface area contributed by atoms with Crippen molar-refractivity contribution in [2.24, 2.45) is 0 Å². The van der Waals surface area contributed by atoms with Gasteiger partial charge in [0.2, 0.25) is 5.88 Å². The fraction of sp³-hybridized carbons (Fsp3) is 0.516. The Morgan fingerprint density at radius 2 is 1.98 bits per heavy atom. The number of hydrogen-bond acceptors (Lipinski definition) is 9. The summed E-state index contributed by atoms with van der Waals surface area (Å²) in [5.74, 6) is 0.00663. The molecule has 4 aromatic heterocycles. The van der Waals surface area contributed by atoms with E-state index in [1.807, 2.05) is 30.1 Å². The van der Waals surface area contributed by atoms with Gasteiger partial charge >= 0.3 is 6.18 Å². The zero-order valence-corrected chi connectivity index (χ0v) is 24.8. The lowest BCUT2D eigenvalue weighted by molar-refractivity contribution is -0.141. The molecule has 14 heteroatoms. The first-order valence-corrected chi connectivity index (χ1v) is 15.2. The summed E-state index contributed by atoms with van der Waals surface area (Å²) in [5.41, 5.74) is 1.26. The first-order valence-electron chi connectivity index (χ1n) is 15.2. The number of ether oxygens (including phenoxy) is 2. The molecule has 4 aromatic rings. The molecule has 3 aliphatic rings. The highest BCUT2D eigenvalue weighted by atomic mass is 19.4. The predicted molar refractivity (Wildman–Crippen MR) is 157 cm³/mol. The standard InChI is InChI=1S/C31H34F3N9O2/c1-29(17-44-18-29)39-12-20-10-25(31(32,33)34)41-26(11-20)45-23-4-2-22(3-5-23)42-15-30(16-42,7-8-35)43-14-21(13-40-43)27-24-6-9-36-28(24)38-19-37-27/h6,9-11,13-14,19,22-23,39H,2-5,7,12,15-18H2,1H3,(H,36,37,38)/t22-,23+. The lowest BCUT2D eigenvalue weighted by atomic mass is 9.82. The summed E-state index contributed by atoms with van der Waals surface area (Å²) in [6.45, 7) is 4.67. The Morgan fingerprint density at radius 1 is 1.18 bits per heavy atom. The highest BCUT2D eigenvalue weighted by molar-refractivity contribution is 5.90. The van der Waals surface area contributed by atoms with Crippen molar-refractivity contribution in [2.45, 2.75) is 75.0 Å². The molecule has 0 unspecified atom stereocenters. The molecule has 1 saturated carbocycles. The molecular weight excluding hydrogens is 587 g/mol. The molecule has 6 heterocycles. The van der Waals surface area contributed by atoms with Gasteiger partial charge in [-0.15, -0.1) is 0 Å². The van der Waals surface area contributed by atoms with Crippen LogP contribution in [0.2, 0.25) is 0 Å². The van der Waals surface area contributed by atoms with Gasteiger partial charge in [-0.1, -0.05) is 0 Å². The third-order valence-corrected chi connectivity index (χ3v) is 9.26. The SMILES string of the molecule is CC1(NCc2cc(O[C@H]3CC[C@@H](N4CC(CC#N)(n5cc(-c6ncnc7[nH]ccc67)cn5)C4)CC3)nc(C(F)(F)F)c2)COC1. The van der Waals surface area contributed by atoms with E-state index in [1.165, 1.54) is 6.33 Å². The number of fused-ring (bicyclic) bond motifs is 1. The van der Waals surface area contributed by atoms with Gasteiger partial charge < -0.3 is 19.8 Å². The highest BCUT2D eigenvalue weighted by Gasteiger charge is 2.48. The van der Waals surface area contributed by atoms with E-state index < -0.39 is 17.4 Å². The number of likely N-dealkylation sites (tertiary alicyclic amines) is 1. The van der Waals surface area contributed by atoms with Gasteiger partial charge in [0.25, 0.3) is 0 Å². The maximum Gasteiger partial charge on any atom is 0.433 e. The van der Waals surface area contributed by atoms with Crippen molar-refractivity contribution < 1.29 is 22.6 Å². The van der Waals surface area contributed by atoms with E-state index in [1.54, 1.807) is 12.3 Å². The maximum atomic E-state index is 13.6. The second kappa shape index (κ2) is 11.4. The molecule has 0 atom stereocenters. The Bertz CT molecular complexity index is 1710. The third kappa shape index (κ3) is 5.87. The zero-order chi connectivity index (χ0) is 31.2. The van der Waals surface area contributed by atoms with E-state index in [0.29, 0.717) is 57.2 Å². The van der Waals surface area contributed by atoms with E-state index in [0.717, 1.165) is 41.2 Å². The van der Waals surface area contributed by atoms with Crippen LogP contribution in [0.3, 0.4) is 0 Å². The Kier molecular flexibility index (Phi) is 7.50. The number of nitrogens with zero attached hydrogens (tertiary/aromatic N) is 7. The van der Waals surface area contributed by atoms with Crippen LogP contribution >= 0.6 is 0 Å². The summed E-state index contributed by atoms with van der Waals surface area (Å²) in [4.78, 5) is 18.0. The zero-order valence-electron chi connectivity index (χ0n) is 24.8. The first kappa shape index (κ1) is 29.6. The minimum absolute atomic E-state index is 0.00663. The van der Waals surface area contributed by atoms with Crippen molar-refractivity contribution in [3.63, 3.8) is 0 Å². The number of pyridine rings is 1. The topological polar surface area (TPSA) is 130 Å². The predicted octanol–water partition coefficient (Wildman–Crippen LogP) is 4.43. The molecule has 45 heavy (non-hydrogen) atoms. The summed E-state index contributed by atoms with van der Waals surface area (Å²) in [7, 11) is 0. The van der Waals surface area contributed by atoms with Gasteiger partial charge in [0.05, 0.1) is 43.1 Å². The van der Waals surface area contributed by atoms with E-state index in [2.05, 4.69) is 41.3 Å². The summed E-state index contributed by atoms with van der Waals surface area (Å²) in [5, 5.41) is 18.5. The molecule has 2 N–H and O–H groups in total. The summed E-state index contributed by atoms with van der Waals surface area (Å²) in [6.07, 6.45) is 5.74. The van der Waals surface area contributed by atoms with Crippen LogP contribution in [-0.4, -0.2) is 78.6 Å². The number of aromatic amines is 1. The summed E-state index contributed by atoms with van der Waals surface area (Å²) < 4.78 is 54.1. The van der Waals surface area contributed by atoms with Crippen LogP contribution in [0.25, 0.3) is 22.3 Å². The largest absolute Gasteiger partial charge is 0.474 e. The van der Waals surface area contributed by atoms with Crippen molar-refractivity contribution in [1.29, 1.82) is 5.26 Å². The second-order valence-electron chi connectivity index (χ2n) is 12.8. The smallest absolute Gasteiger partial charge is 0.433 e. The number of nitriles is 1.